The standard InChI is InChI=1S/C24H37N3O5S/c1-18-6-10-22(11-7-18)33(30,31)27-21(4-3-5-23(27)20-8-9-20)17-32-24(29)26-13-12-25(14-15-28)16-19(26)2/h6-7,10-11,19-21,23,28H,3-5,8-9,12-17H2,1-2H3/t19-,21?,23?/m1/s1. The minimum atomic E-state index is -3.68. The highest BCUT2D eigenvalue weighted by Gasteiger charge is 2.46. The Morgan fingerprint density at radius 2 is 1.85 bits per heavy atom. The maximum absolute atomic E-state index is 13.7. The molecule has 2 heterocycles. The van der Waals surface area contributed by atoms with Crippen molar-refractivity contribution in [1.29, 1.82) is 0 Å². The third kappa shape index (κ3) is 5.53. The molecule has 0 bridgehead atoms. The highest BCUT2D eigenvalue weighted by Crippen LogP contribution is 2.43. The van der Waals surface area contributed by atoms with Gasteiger partial charge in [0.1, 0.15) is 6.61 Å². The van der Waals surface area contributed by atoms with E-state index in [1.165, 1.54) is 0 Å². The number of ether oxygens (including phenoxy) is 1. The minimum absolute atomic E-state index is 0.0178. The van der Waals surface area contributed by atoms with Crippen molar-refractivity contribution in [2.75, 3.05) is 39.4 Å². The van der Waals surface area contributed by atoms with Crippen LogP contribution in [0.5, 0.6) is 0 Å². The maximum atomic E-state index is 13.7. The van der Waals surface area contributed by atoms with Gasteiger partial charge in [-0.05, 0) is 57.6 Å². The molecule has 1 aliphatic carbocycles. The van der Waals surface area contributed by atoms with E-state index in [1.807, 2.05) is 26.0 Å². The number of nitrogens with zero attached hydrogens (tertiary/aromatic N) is 3. The molecule has 0 aromatic heterocycles. The summed E-state index contributed by atoms with van der Waals surface area (Å²) in [6.07, 6.45) is 4.25. The van der Waals surface area contributed by atoms with E-state index >= 15 is 0 Å². The van der Waals surface area contributed by atoms with E-state index in [0.717, 1.165) is 31.2 Å². The van der Waals surface area contributed by atoms with Gasteiger partial charge in [0.05, 0.1) is 17.5 Å². The van der Waals surface area contributed by atoms with Crippen molar-refractivity contribution in [2.45, 2.75) is 69.0 Å². The van der Waals surface area contributed by atoms with Gasteiger partial charge in [0, 0.05) is 38.3 Å². The van der Waals surface area contributed by atoms with Crippen molar-refractivity contribution in [3.05, 3.63) is 29.8 Å². The van der Waals surface area contributed by atoms with Crippen LogP contribution in [0.4, 0.5) is 4.79 Å². The molecule has 3 aliphatic rings. The predicted octanol–water partition coefficient (Wildman–Crippen LogP) is 2.45. The van der Waals surface area contributed by atoms with Gasteiger partial charge in [-0.1, -0.05) is 24.1 Å². The normalized spacial score (nSPS) is 27.5. The molecular weight excluding hydrogens is 442 g/mol. The summed E-state index contributed by atoms with van der Waals surface area (Å²) in [5, 5.41) is 9.16. The minimum Gasteiger partial charge on any atom is -0.448 e. The second-order valence-corrected chi connectivity index (χ2v) is 11.6. The van der Waals surface area contributed by atoms with Crippen molar-refractivity contribution in [3.8, 4) is 0 Å². The van der Waals surface area contributed by atoms with Crippen LogP contribution in [0.3, 0.4) is 0 Å². The number of carbonyl (C=O) groups is 1. The van der Waals surface area contributed by atoms with E-state index in [9.17, 15) is 13.2 Å². The number of benzene rings is 1. The van der Waals surface area contributed by atoms with Crippen molar-refractivity contribution in [1.82, 2.24) is 14.1 Å². The number of hydrogen-bond acceptors (Lipinski definition) is 6. The van der Waals surface area contributed by atoms with Crippen LogP contribution in [-0.4, -0.2) is 91.2 Å². The highest BCUT2D eigenvalue weighted by atomic mass is 32.2. The molecule has 1 aromatic rings. The van der Waals surface area contributed by atoms with E-state index in [2.05, 4.69) is 4.90 Å². The second-order valence-electron chi connectivity index (χ2n) is 9.78. The Kier molecular flexibility index (Phi) is 7.63. The summed E-state index contributed by atoms with van der Waals surface area (Å²) in [4.78, 5) is 17.0. The van der Waals surface area contributed by atoms with E-state index in [1.54, 1.807) is 21.3 Å². The number of piperazine rings is 1. The molecule has 0 radical (unpaired) electrons. The van der Waals surface area contributed by atoms with Crippen LogP contribution >= 0.6 is 0 Å². The zero-order valence-corrected chi connectivity index (χ0v) is 20.5. The molecule has 33 heavy (non-hydrogen) atoms. The molecule has 2 unspecified atom stereocenters. The molecule has 1 amide bonds. The van der Waals surface area contributed by atoms with Gasteiger partial charge < -0.3 is 14.7 Å². The lowest BCUT2D eigenvalue weighted by molar-refractivity contribution is 0.0284. The summed E-state index contributed by atoms with van der Waals surface area (Å²) in [5.41, 5.74) is 1.02. The van der Waals surface area contributed by atoms with Gasteiger partial charge >= 0.3 is 6.09 Å². The zero-order valence-electron chi connectivity index (χ0n) is 19.7. The SMILES string of the molecule is Cc1ccc(S(=O)(=O)N2C(COC(=O)N3CCN(CCO)C[C@H]3C)CCCC2C2CC2)cc1. The Morgan fingerprint density at radius 3 is 2.48 bits per heavy atom. The van der Waals surface area contributed by atoms with Gasteiger partial charge in [-0.3, -0.25) is 4.90 Å². The molecule has 4 rings (SSSR count). The number of rotatable bonds is 7. The topological polar surface area (TPSA) is 90.4 Å². The van der Waals surface area contributed by atoms with Crippen molar-refractivity contribution in [3.63, 3.8) is 0 Å². The highest BCUT2D eigenvalue weighted by molar-refractivity contribution is 7.89. The molecule has 1 aromatic carbocycles. The van der Waals surface area contributed by atoms with Gasteiger partial charge in [-0.25, -0.2) is 13.2 Å². The van der Waals surface area contributed by atoms with Crippen LogP contribution in [0, 0.1) is 12.8 Å². The third-order valence-corrected chi connectivity index (χ3v) is 9.24. The molecule has 9 heteroatoms. The number of aryl methyl sites for hydroxylation is 1. The Labute approximate surface area is 197 Å². The molecule has 2 saturated heterocycles. The smallest absolute Gasteiger partial charge is 0.410 e. The number of aliphatic hydroxyl groups is 1. The van der Waals surface area contributed by atoms with Crippen molar-refractivity contribution < 1.29 is 23.1 Å². The second kappa shape index (κ2) is 10.3. The quantitative estimate of drug-likeness (QED) is 0.646. The van der Waals surface area contributed by atoms with Gasteiger partial charge in [-0.2, -0.15) is 4.31 Å². The number of carbonyl (C=O) groups excluding carboxylic acids is 1. The first-order valence-corrected chi connectivity index (χ1v) is 13.6. The van der Waals surface area contributed by atoms with E-state index in [4.69, 9.17) is 9.84 Å². The van der Waals surface area contributed by atoms with E-state index in [-0.39, 0.29) is 37.4 Å². The Hall–Kier alpha value is -1.68. The van der Waals surface area contributed by atoms with Gasteiger partial charge in [0.15, 0.2) is 0 Å². The van der Waals surface area contributed by atoms with Gasteiger partial charge in [0.2, 0.25) is 10.0 Å². The fraction of sp³-hybridized carbons (Fsp3) is 0.708. The van der Waals surface area contributed by atoms with E-state index < -0.39 is 10.0 Å². The Balaban J connectivity index is 1.46. The van der Waals surface area contributed by atoms with Crippen LogP contribution in [0.2, 0.25) is 0 Å². The zero-order chi connectivity index (χ0) is 23.6. The molecule has 0 spiro atoms. The molecule has 184 valence electrons. The van der Waals surface area contributed by atoms with Gasteiger partial charge in [-0.15, -0.1) is 0 Å². The summed E-state index contributed by atoms with van der Waals surface area (Å²) in [7, 11) is -3.68. The first-order chi connectivity index (χ1) is 15.8. The fourth-order valence-electron chi connectivity index (χ4n) is 5.27. The average molecular weight is 480 g/mol. The molecular formula is C24H37N3O5S. The maximum Gasteiger partial charge on any atom is 0.410 e. The van der Waals surface area contributed by atoms with Gasteiger partial charge in [0.25, 0.3) is 0 Å². The first-order valence-electron chi connectivity index (χ1n) is 12.2. The molecule has 8 nitrogen and oxygen atoms in total. The summed E-state index contributed by atoms with van der Waals surface area (Å²) >= 11 is 0. The molecule has 1 saturated carbocycles. The summed E-state index contributed by atoms with van der Waals surface area (Å²) in [6.45, 7) is 6.63. The lowest BCUT2D eigenvalue weighted by Crippen LogP contribution is -2.56. The fourth-order valence-corrected chi connectivity index (χ4v) is 7.19. The monoisotopic (exact) mass is 479 g/mol. The summed E-state index contributed by atoms with van der Waals surface area (Å²) in [5.74, 6) is 0.406. The lowest BCUT2D eigenvalue weighted by Gasteiger charge is -2.42. The van der Waals surface area contributed by atoms with Crippen LogP contribution in [0.25, 0.3) is 0 Å². The Morgan fingerprint density at radius 1 is 1.12 bits per heavy atom. The summed E-state index contributed by atoms with van der Waals surface area (Å²) < 4.78 is 34.8. The number of β-amino-alcohol motifs (C(OH)–C–C–N with tert-alkyl or cyclic N) is 1. The lowest BCUT2D eigenvalue weighted by atomic mass is 9.96. The number of amides is 1. The largest absolute Gasteiger partial charge is 0.448 e. The molecule has 3 atom stereocenters. The predicted molar refractivity (Wildman–Crippen MR) is 125 cm³/mol. The Bertz CT molecular complexity index is 919. The number of aliphatic hydroxyl groups excluding tert-OH is 1. The van der Waals surface area contributed by atoms with Crippen LogP contribution in [-0.2, 0) is 14.8 Å². The average Bonchev–Trinajstić information content (AvgIpc) is 3.63. The van der Waals surface area contributed by atoms with Crippen LogP contribution < -0.4 is 0 Å². The third-order valence-electron chi connectivity index (χ3n) is 7.25. The number of piperidine rings is 1. The molecule has 2 aliphatic heterocycles. The molecule has 1 N–H and O–H groups in total. The first kappa shape index (κ1) is 24.4. The summed E-state index contributed by atoms with van der Waals surface area (Å²) in [6, 6.07) is 6.64. The van der Waals surface area contributed by atoms with Crippen LogP contribution in [0.15, 0.2) is 29.2 Å². The van der Waals surface area contributed by atoms with Crippen molar-refractivity contribution in [2.24, 2.45) is 5.92 Å². The molecule has 3 fully saturated rings. The number of hydrogen-bond donors (Lipinski definition) is 1. The van der Waals surface area contributed by atoms with E-state index in [0.29, 0.717) is 43.4 Å². The van der Waals surface area contributed by atoms with Crippen molar-refractivity contribution >= 4 is 16.1 Å². The number of sulfonamides is 1. The van der Waals surface area contributed by atoms with Crippen LogP contribution in [0.1, 0.15) is 44.6 Å².